The number of aromatic nitrogens is 3. The fourth-order valence-electron chi connectivity index (χ4n) is 3.55. The monoisotopic (exact) mass is 387 g/mol. The van der Waals surface area contributed by atoms with E-state index in [0.717, 1.165) is 23.8 Å². The van der Waals surface area contributed by atoms with E-state index >= 15 is 4.39 Å². The average Bonchev–Trinajstić information content (AvgIpc) is 3.21. The maximum Gasteiger partial charge on any atom is 0.246 e. The summed E-state index contributed by atoms with van der Waals surface area (Å²) in [4.78, 5) is 6.10. The second-order valence-electron chi connectivity index (χ2n) is 7.31. The molecule has 4 rings (SSSR count). The normalized spacial score (nSPS) is 19.9. The van der Waals surface area contributed by atoms with E-state index in [4.69, 9.17) is 0 Å². The molecule has 3 aromatic rings. The number of likely N-dealkylation sites (N-methyl/N-ethyl adjacent to an activating group) is 1. The molecule has 1 unspecified atom stereocenters. The van der Waals surface area contributed by atoms with Gasteiger partial charge in [0.1, 0.15) is 23.6 Å². The summed E-state index contributed by atoms with van der Waals surface area (Å²) >= 11 is 0. The van der Waals surface area contributed by atoms with Gasteiger partial charge in [0, 0.05) is 24.8 Å². The van der Waals surface area contributed by atoms with Gasteiger partial charge in [-0.3, -0.25) is 0 Å². The van der Waals surface area contributed by atoms with Crippen molar-refractivity contribution in [2.24, 2.45) is 0 Å². The number of likely N-dealkylation sites (tertiary alicyclic amines) is 1. The molecule has 1 N–H and O–H groups in total. The summed E-state index contributed by atoms with van der Waals surface area (Å²) < 4.78 is 43.4. The molecule has 0 aliphatic carbocycles. The summed E-state index contributed by atoms with van der Waals surface area (Å²) in [6.07, 6.45) is 1.81. The first-order valence-electron chi connectivity index (χ1n) is 8.96. The van der Waals surface area contributed by atoms with E-state index in [9.17, 15) is 8.78 Å². The molecule has 8 heteroatoms. The lowest BCUT2D eigenvalue weighted by Crippen LogP contribution is -2.24. The van der Waals surface area contributed by atoms with Gasteiger partial charge in [-0.2, -0.15) is 4.98 Å². The van der Waals surface area contributed by atoms with Crippen LogP contribution in [0.1, 0.15) is 17.5 Å². The van der Waals surface area contributed by atoms with Gasteiger partial charge in [0.15, 0.2) is 0 Å². The molecule has 1 fully saturated rings. The maximum atomic E-state index is 15.3. The Morgan fingerprint density at radius 2 is 1.82 bits per heavy atom. The van der Waals surface area contributed by atoms with Gasteiger partial charge in [-0.05, 0) is 55.8 Å². The lowest BCUT2D eigenvalue weighted by molar-refractivity contribution is 0.175. The SMILES string of the molecule is Cc1cc(Nc2ncn(-c3cc(F)cc(F)c3)n2)cc(C2(F)CCN(C)C2)c1. The quantitative estimate of drug-likeness (QED) is 0.732. The number of aryl methyl sites for hydroxylation is 1. The minimum absolute atomic E-state index is 0.222. The smallest absolute Gasteiger partial charge is 0.246 e. The Kier molecular flexibility index (Phi) is 4.58. The highest BCUT2D eigenvalue weighted by Gasteiger charge is 2.38. The Morgan fingerprint density at radius 3 is 2.50 bits per heavy atom. The molecule has 0 saturated carbocycles. The minimum atomic E-state index is -1.39. The third-order valence-corrected chi connectivity index (χ3v) is 4.86. The highest BCUT2D eigenvalue weighted by molar-refractivity contribution is 5.57. The molecule has 1 aliphatic rings. The number of benzene rings is 2. The Bertz CT molecular complexity index is 999. The number of halogens is 3. The zero-order valence-electron chi connectivity index (χ0n) is 15.6. The Morgan fingerprint density at radius 1 is 1.07 bits per heavy atom. The van der Waals surface area contributed by atoms with Crippen molar-refractivity contribution in [2.75, 3.05) is 25.5 Å². The van der Waals surface area contributed by atoms with Crippen LogP contribution in [0.4, 0.5) is 24.8 Å². The first-order valence-corrected chi connectivity index (χ1v) is 8.96. The van der Waals surface area contributed by atoms with E-state index in [1.54, 1.807) is 6.07 Å². The molecular formula is C20H20F3N5. The van der Waals surface area contributed by atoms with Crippen LogP contribution in [0.15, 0.2) is 42.7 Å². The van der Waals surface area contributed by atoms with E-state index < -0.39 is 17.3 Å². The van der Waals surface area contributed by atoms with Crippen LogP contribution >= 0.6 is 0 Å². The van der Waals surface area contributed by atoms with E-state index in [0.29, 0.717) is 30.8 Å². The van der Waals surface area contributed by atoms with Crippen molar-refractivity contribution < 1.29 is 13.2 Å². The van der Waals surface area contributed by atoms with Crippen LogP contribution in [0.2, 0.25) is 0 Å². The van der Waals surface area contributed by atoms with E-state index in [1.807, 2.05) is 31.0 Å². The van der Waals surface area contributed by atoms with Crippen molar-refractivity contribution in [2.45, 2.75) is 19.0 Å². The van der Waals surface area contributed by atoms with Crippen LogP contribution < -0.4 is 5.32 Å². The van der Waals surface area contributed by atoms with Gasteiger partial charge in [0.2, 0.25) is 5.95 Å². The highest BCUT2D eigenvalue weighted by atomic mass is 19.1. The van der Waals surface area contributed by atoms with Crippen molar-refractivity contribution in [3.8, 4) is 5.69 Å². The molecule has 0 spiro atoms. The summed E-state index contributed by atoms with van der Waals surface area (Å²) in [5, 5.41) is 7.25. The first kappa shape index (κ1) is 18.5. The van der Waals surface area contributed by atoms with Crippen LogP contribution in [-0.4, -0.2) is 39.8 Å². The molecule has 146 valence electrons. The molecule has 0 radical (unpaired) electrons. The van der Waals surface area contributed by atoms with Crippen molar-refractivity contribution in [3.63, 3.8) is 0 Å². The summed E-state index contributed by atoms with van der Waals surface area (Å²) in [5.41, 5.74) is 1.02. The number of hydrogen-bond acceptors (Lipinski definition) is 4. The van der Waals surface area contributed by atoms with Gasteiger partial charge in [0.25, 0.3) is 0 Å². The van der Waals surface area contributed by atoms with Crippen molar-refractivity contribution in [1.29, 1.82) is 0 Å². The Hall–Kier alpha value is -2.87. The number of hydrogen-bond donors (Lipinski definition) is 1. The van der Waals surface area contributed by atoms with Crippen molar-refractivity contribution in [3.05, 3.63) is 65.5 Å². The van der Waals surface area contributed by atoms with Gasteiger partial charge in [-0.15, -0.1) is 5.10 Å². The van der Waals surface area contributed by atoms with E-state index in [2.05, 4.69) is 15.4 Å². The number of alkyl halides is 1. The summed E-state index contributed by atoms with van der Waals surface area (Å²) in [5.74, 6) is -1.14. The largest absolute Gasteiger partial charge is 0.323 e. The lowest BCUT2D eigenvalue weighted by atomic mass is 9.93. The second kappa shape index (κ2) is 6.94. The van der Waals surface area contributed by atoms with Gasteiger partial charge < -0.3 is 10.2 Å². The van der Waals surface area contributed by atoms with E-state index in [1.165, 1.54) is 11.0 Å². The maximum absolute atomic E-state index is 15.3. The van der Waals surface area contributed by atoms with E-state index in [-0.39, 0.29) is 11.6 Å². The molecule has 1 aliphatic heterocycles. The molecule has 2 heterocycles. The Balaban J connectivity index is 1.59. The van der Waals surface area contributed by atoms with Crippen LogP contribution in [0.3, 0.4) is 0 Å². The molecule has 28 heavy (non-hydrogen) atoms. The predicted molar refractivity (Wildman–Crippen MR) is 101 cm³/mol. The second-order valence-corrected chi connectivity index (χ2v) is 7.31. The average molecular weight is 387 g/mol. The molecule has 0 amide bonds. The summed E-state index contributed by atoms with van der Waals surface area (Å²) in [6, 6.07) is 8.60. The number of rotatable bonds is 4. The summed E-state index contributed by atoms with van der Waals surface area (Å²) in [7, 11) is 1.90. The molecule has 1 aromatic heterocycles. The molecule has 1 atom stereocenters. The molecular weight excluding hydrogens is 367 g/mol. The fourth-order valence-corrected chi connectivity index (χ4v) is 3.55. The standard InChI is InChI=1S/C20H20F3N5/c1-13-5-14(20(23)3-4-27(2)11-20)7-17(6-13)25-19-24-12-28(26-19)18-9-15(21)8-16(22)10-18/h5-10,12H,3-4,11H2,1-2H3,(H,25,26). The predicted octanol–water partition coefficient (Wildman–Crippen LogP) is 4.10. The summed E-state index contributed by atoms with van der Waals surface area (Å²) in [6.45, 7) is 2.97. The lowest BCUT2D eigenvalue weighted by Gasteiger charge is -2.21. The minimum Gasteiger partial charge on any atom is -0.323 e. The Labute approximate surface area is 160 Å². The molecule has 5 nitrogen and oxygen atoms in total. The van der Waals surface area contributed by atoms with Crippen molar-refractivity contribution in [1.82, 2.24) is 19.7 Å². The molecule has 1 saturated heterocycles. The zero-order chi connectivity index (χ0) is 19.9. The topological polar surface area (TPSA) is 46.0 Å². The molecule has 2 aromatic carbocycles. The van der Waals surface area contributed by atoms with Crippen LogP contribution in [-0.2, 0) is 5.67 Å². The third-order valence-electron chi connectivity index (χ3n) is 4.86. The van der Waals surface area contributed by atoms with Gasteiger partial charge in [-0.1, -0.05) is 6.07 Å². The van der Waals surface area contributed by atoms with Gasteiger partial charge in [-0.25, -0.2) is 17.9 Å². The first-order chi connectivity index (χ1) is 13.3. The zero-order valence-corrected chi connectivity index (χ0v) is 15.6. The van der Waals surface area contributed by atoms with Crippen molar-refractivity contribution >= 4 is 11.6 Å². The van der Waals surface area contributed by atoms with Gasteiger partial charge >= 0.3 is 0 Å². The van der Waals surface area contributed by atoms with Gasteiger partial charge in [0.05, 0.1) is 5.69 Å². The van der Waals surface area contributed by atoms with Crippen LogP contribution in [0, 0.1) is 18.6 Å². The highest BCUT2D eigenvalue weighted by Crippen LogP contribution is 2.37. The van der Waals surface area contributed by atoms with Crippen LogP contribution in [0.25, 0.3) is 5.69 Å². The number of nitrogens with one attached hydrogen (secondary N) is 1. The number of nitrogens with zero attached hydrogens (tertiary/aromatic N) is 4. The third kappa shape index (κ3) is 3.73. The molecule has 0 bridgehead atoms. The fraction of sp³-hybridized carbons (Fsp3) is 0.300. The van der Waals surface area contributed by atoms with Crippen LogP contribution in [0.5, 0.6) is 0 Å². The number of anilines is 2.